The van der Waals surface area contributed by atoms with Crippen LogP contribution in [-0.2, 0) is 0 Å². The molecule has 0 fully saturated rings. The summed E-state index contributed by atoms with van der Waals surface area (Å²) in [5, 5.41) is 7.24. The van der Waals surface area contributed by atoms with Gasteiger partial charge in [0.05, 0.1) is 0 Å². The van der Waals surface area contributed by atoms with E-state index < -0.39 is 0 Å². The van der Waals surface area contributed by atoms with E-state index in [1.807, 2.05) is 0 Å². The lowest BCUT2D eigenvalue weighted by atomic mass is 9.85. The molecule has 2 aliphatic heterocycles. The summed E-state index contributed by atoms with van der Waals surface area (Å²) in [5.74, 6) is 1.76. The molecule has 0 amide bonds. The lowest BCUT2D eigenvalue weighted by Gasteiger charge is -2.43. The van der Waals surface area contributed by atoms with Crippen molar-refractivity contribution in [3.05, 3.63) is 41.1 Å². The number of amidine groups is 1. The summed E-state index contributed by atoms with van der Waals surface area (Å²) in [4.78, 5) is 2.52. The van der Waals surface area contributed by atoms with E-state index in [4.69, 9.17) is 5.10 Å². The van der Waals surface area contributed by atoms with Gasteiger partial charge in [-0.1, -0.05) is 65.3 Å². The summed E-state index contributed by atoms with van der Waals surface area (Å²) in [7, 11) is 0. The zero-order valence-corrected chi connectivity index (χ0v) is 16.2. The standard InChI is InChI=1S/C21H31N3/c1-8-14(2)15(3)23-16(4)22-24-19(21(5,6)7)13-17-11-9-10-12-18(17)20(23)24/h9-15,20H,8H2,1-7H3. The molecule has 2 aliphatic rings. The summed E-state index contributed by atoms with van der Waals surface area (Å²) in [6.45, 7) is 15.9. The first-order valence-corrected chi connectivity index (χ1v) is 9.19. The molecule has 0 saturated heterocycles. The van der Waals surface area contributed by atoms with Crippen LogP contribution in [-0.4, -0.2) is 21.8 Å². The highest BCUT2D eigenvalue weighted by Crippen LogP contribution is 2.47. The number of allylic oxidation sites excluding steroid dienone is 1. The minimum absolute atomic E-state index is 0.0607. The second-order valence-electron chi connectivity index (χ2n) is 8.31. The number of nitrogens with zero attached hydrogens (tertiary/aromatic N) is 3. The molecule has 24 heavy (non-hydrogen) atoms. The van der Waals surface area contributed by atoms with Crippen LogP contribution in [0.4, 0.5) is 0 Å². The lowest BCUT2D eigenvalue weighted by molar-refractivity contribution is 0.0945. The Labute approximate surface area is 147 Å². The van der Waals surface area contributed by atoms with Crippen molar-refractivity contribution < 1.29 is 0 Å². The van der Waals surface area contributed by atoms with E-state index in [-0.39, 0.29) is 11.6 Å². The smallest absolute Gasteiger partial charge is 0.151 e. The van der Waals surface area contributed by atoms with Gasteiger partial charge in [0.1, 0.15) is 5.84 Å². The van der Waals surface area contributed by atoms with Gasteiger partial charge in [0.2, 0.25) is 0 Å². The van der Waals surface area contributed by atoms with Crippen molar-refractivity contribution in [1.29, 1.82) is 0 Å². The van der Waals surface area contributed by atoms with Gasteiger partial charge in [0.15, 0.2) is 6.17 Å². The largest absolute Gasteiger partial charge is 0.330 e. The highest BCUT2D eigenvalue weighted by molar-refractivity contribution is 5.83. The summed E-state index contributed by atoms with van der Waals surface area (Å²) in [6, 6.07) is 9.23. The van der Waals surface area contributed by atoms with Crippen molar-refractivity contribution in [2.24, 2.45) is 16.4 Å². The van der Waals surface area contributed by atoms with Crippen LogP contribution in [0.2, 0.25) is 0 Å². The van der Waals surface area contributed by atoms with Crippen LogP contribution >= 0.6 is 0 Å². The molecule has 0 aliphatic carbocycles. The van der Waals surface area contributed by atoms with Gasteiger partial charge in [0.25, 0.3) is 0 Å². The minimum atomic E-state index is 0.0607. The molecule has 130 valence electrons. The topological polar surface area (TPSA) is 18.8 Å². The van der Waals surface area contributed by atoms with Crippen LogP contribution in [0.15, 0.2) is 35.1 Å². The van der Waals surface area contributed by atoms with Crippen molar-refractivity contribution in [3.8, 4) is 0 Å². The first-order chi connectivity index (χ1) is 11.3. The molecule has 1 aromatic carbocycles. The molecule has 3 nitrogen and oxygen atoms in total. The number of rotatable bonds is 3. The second-order valence-corrected chi connectivity index (χ2v) is 8.31. The molecule has 0 bridgehead atoms. The highest BCUT2D eigenvalue weighted by Gasteiger charge is 2.43. The third-order valence-electron chi connectivity index (χ3n) is 5.61. The molecule has 1 aromatic rings. The van der Waals surface area contributed by atoms with Crippen molar-refractivity contribution >= 4 is 11.9 Å². The Hall–Kier alpha value is -1.77. The van der Waals surface area contributed by atoms with Gasteiger partial charge in [-0.15, -0.1) is 0 Å². The first-order valence-electron chi connectivity index (χ1n) is 9.19. The molecule has 0 N–H and O–H groups in total. The van der Waals surface area contributed by atoms with Crippen LogP contribution in [0.5, 0.6) is 0 Å². The molecule has 2 heterocycles. The van der Waals surface area contributed by atoms with Crippen LogP contribution in [0.1, 0.15) is 72.2 Å². The Balaban J connectivity index is 2.12. The van der Waals surface area contributed by atoms with Gasteiger partial charge in [-0.2, -0.15) is 5.10 Å². The Morgan fingerprint density at radius 2 is 1.83 bits per heavy atom. The SMILES string of the molecule is CCC(C)C(C)N1C(C)=NN2C(C(C)(C)C)=Cc3ccccc3C21. The van der Waals surface area contributed by atoms with E-state index in [0.29, 0.717) is 12.0 Å². The first kappa shape index (κ1) is 17.1. The van der Waals surface area contributed by atoms with Gasteiger partial charge in [-0.3, -0.25) is 0 Å². The third-order valence-corrected chi connectivity index (χ3v) is 5.61. The van der Waals surface area contributed by atoms with Crippen molar-refractivity contribution in [2.75, 3.05) is 0 Å². The average molecular weight is 326 g/mol. The third kappa shape index (κ3) is 2.64. The maximum atomic E-state index is 4.98. The van der Waals surface area contributed by atoms with Crippen LogP contribution < -0.4 is 0 Å². The normalized spacial score (nSPS) is 22.5. The predicted molar refractivity (Wildman–Crippen MR) is 102 cm³/mol. The minimum Gasteiger partial charge on any atom is -0.330 e. The Kier molecular flexibility index (Phi) is 4.23. The Morgan fingerprint density at radius 1 is 1.17 bits per heavy atom. The van der Waals surface area contributed by atoms with E-state index in [1.165, 1.54) is 23.2 Å². The monoisotopic (exact) mass is 325 g/mol. The summed E-state index contributed by atoms with van der Waals surface area (Å²) in [5.41, 5.74) is 4.05. The Morgan fingerprint density at radius 3 is 2.46 bits per heavy atom. The lowest BCUT2D eigenvalue weighted by Crippen LogP contribution is -2.45. The quantitative estimate of drug-likeness (QED) is 0.733. The van der Waals surface area contributed by atoms with E-state index >= 15 is 0 Å². The van der Waals surface area contributed by atoms with E-state index in [0.717, 1.165) is 5.84 Å². The van der Waals surface area contributed by atoms with Crippen molar-refractivity contribution in [1.82, 2.24) is 9.91 Å². The number of fused-ring (bicyclic) bond motifs is 3. The number of hydrogen-bond acceptors (Lipinski definition) is 3. The van der Waals surface area contributed by atoms with Crippen molar-refractivity contribution in [2.45, 2.75) is 67.1 Å². The highest BCUT2D eigenvalue weighted by atomic mass is 15.6. The van der Waals surface area contributed by atoms with E-state index in [9.17, 15) is 0 Å². The molecular formula is C21H31N3. The maximum Gasteiger partial charge on any atom is 0.151 e. The molecule has 0 aromatic heterocycles. The van der Waals surface area contributed by atoms with E-state index in [2.05, 4.69) is 88.7 Å². The molecule has 0 radical (unpaired) electrons. The average Bonchev–Trinajstić information content (AvgIpc) is 2.88. The van der Waals surface area contributed by atoms with Gasteiger partial charge < -0.3 is 4.90 Å². The molecule has 3 rings (SSSR count). The van der Waals surface area contributed by atoms with E-state index in [1.54, 1.807) is 0 Å². The molecular weight excluding hydrogens is 294 g/mol. The van der Waals surface area contributed by atoms with Crippen LogP contribution in [0.3, 0.4) is 0 Å². The summed E-state index contributed by atoms with van der Waals surface area (Å²) in [6.07, 6.45) is 3.69. The second kappa shape index (κ2) is 5.94. The fourth-order valence-corrected chi connectivity index (χ4v) is 3.81. The zero-order valence-electron chi connectivity index (χ0n) is 16.2. The van der Waals surface area contributed by atoms with Gasteiger partial charge >= 0.3 is 0 Å². The fraction of sp³-hybridized carbons (Fsp3) is 0.571. The summed E-state index contributed by atoms with van der Waals surface area (Å²) < 4.78 is 0. The molecule has 3 heteroatoms. The fourth-order valence-electron chi connectivity index (χ4n) is 3.81. The molecule has 0 spiro atoms. The number of benzene rings is 1. The van der Waals surface area contributed by atoms with Gasteiger partial charge in [-0.25, -0.2) is 5.01 Å². The van der Waals surface area contributed by atoms with Gasteiger partial charge in [0, 0.05) is 22.7 Å². The maximum absolute atomic E-state index is 4.98. The zero-order chi connectivity index (χ0) is 17.6. The van der Waals surface area contributed by atoms with Gasteiger partial charge in [-0.05, 0) is 31.4 Å². The Bertz CT molecular complexity index is 681. The molecule has 3 atom stereocenters. The van der Waals surface area contributed by atoms with Crippen molar-refractivity contribution in [3.63, 3.8) is 0 Å². The number of hydrogen-bond donors (Lipinski definition) is 0. The van der Waals surface area contributed by atoms with Crippen LogP contribution in [0.25, 0.3) is 6.08 Å². The number of hydrazone groups is 1. The molecule has 0 saturated carbocycles. The predicted octanol–water partition coefficient (Wildman–Crippen LogP) is 5.47. The summed E-state index contributed by atoms with van der Waals surface area (Å²) >= 11 is 0. The molecule has 3 unspecified atom stereocenters. The van der Waals surface area contributed by atoms with Crippen LogP contribution in [0, 0.1) is 11.3 Å².